The number of morpholine rings is 1. The standard InChI is InChI=1S/C27H26N3O8PS/c31-20-9-12-28-24(25(20)37-16-38-39(33,34)35)26(32)29-22(13-36-15-27(29)10-11-27)30(28)23-18-6-2-1-5-17(18)14-40-21-8-4-3-7-19(21)23/h1-9,12,22-23H,10-11,13-16H2,(H2,33,34,35)/t22-,23+/m1/s1. The van der Waals surface area contributed by atoms with E-state index in [1.165, 1.54) is 6.07 Å². The van der Waals surface area contributed by atoms with E-state index in [1.54, 1.807) is 22.6 Å². The fraction of sp³-hybridized carbons (Fsp3) is 0.333. The molecule has 13 heteroatoms. The van der Waals surface area contributed by atoms with E-state index in [9.17, 15) is 14.2 Å². The van der Waals surface area contributed by atoms with Crippen molar-refractivity contribution < 1.29 is 33.1 Å². The van der Waals surface area contributed by atoms with Gasteiger partial charge in [0.2, 0.25) is 18.0 Å². The number of fused-ring (bicyclic) bond motifs is 5. The summed E-state index contributed by atoms with van der Waals surface area (Å²) >= 11 is 1.75. The Morgan fingerprint density at radius 3 is 2.58 bits per heavy atom. The average molecular weight is 584 g/mol. The van der Waals surface area contributed by atoms with Crippen molar-refractivity contribution in [3.63, 3.8) is 0 Å². The number of amides is 1. The molecule has 1 aliphatic carbocycles. The van der Waals surface area contributed by atoms with Crippen molar-refractivity contribution >= 4 is 25.5 Å². The normalized spacial score (nSPS) is 22.6. The molecule has 4 aliphatic rings. The third-order valence-electron chi connectivity index (χ3n) is 7.92. The zero-order valence-corrected chi connectivity index (χ0v) is 22.9. The van der Waals surface area contributed by atoms with Gasteiger partial charge in [-0.1, -0.05) is 42.5 Å². The lowest BCUT2D eigenvalue weighted by atomic mass is 9.93. The highest BCUT2D eigenvalue weighted by atomic mass is 32.2. The third kappa shape index (κ3) is 4.18. The first kappa shape index (κ1) is 25.8. The van der Waals surface area contributed by atoms with Gasteiger partial charge in [-0.3, -0.25) is 19.3 Å². The first-order valence-electron chi connectivity index (χ1n) is 12.9. The molecule has 2 fully saturated rings. The summed E-state index contributed by atoms with van der Waals surface area (Å²) in [6, 6.07) is 17.3. The Bertz CT molecular complexity index is 1570. The highest BCUT2D eigenvalue weighted by Gasteiger charge is 2.60. The second-order valence-corrected chi connectivity index (χ2v) is 12.5. The maximum Gasteiger partial charge on any atom is 0.472 e. The molecule has 1 saturated heterocycles. The summed E-state index contributed by atoms with van der Waals surface area (Å²) in [5.41, 5.74) is 2.18. The van der Waals surface area contributed by atoms with E-state index in [4.69, 9.17) is 19.3 Å². The molecule has 1 spiro atoms. The summed E-state index contributed by atoms with van der Waals surface area (Å²) in [4.78, 5) is 48.5. The fourth-order valence-electron chi connectivity index (χ4n) is 6.01. The minimum Gasteiger partial charge on any atom is -0.460 e. The van der Waals surface area contributed by atoms with Crippen LogP contribution < -0.4 is 15.2 Å². The number of hydrogen-bond acceptors (Lipinski definition) is 8. The number of rotatable bonds is 5. The number of nitrogens with zero attached hydrogens (tertiary/aromatic N) is 3. The van der Waals surface area contributed by atoms with Gasteiger partial charge in [0.1, 0.15) is 6.17 Å². The van der Waals surface area contributed by atoms with Crippen LogP contribution in [0.5, 0.6) is 5.75 Å². The topological polar surface area (TPSA) is 131 Å². The Balaban J connectivity index is 1.46. The van der Waals surface area contributed by atoms with E-state index < -0.39 is 37.7 Å². The maximum atomic E-state index is 14.2. The van der Waals surface area contributed by atoms with Crippen LogP contribution in [0, 0.1) is 0 Å². The second kappa shape index (κ2) is 9.47. The monoisotopic (exact) mass is 583 g/mol. The van der Waals surface area contributed by atoms with Crippen LogP contribution in [-0.2, 0) is 19.6 Å². The van der Waals surface area contributed by atoms with Crippen LogP contribution in [0.25, 0.3) is 0 Å². The second-order valence-electron chi connectivity index (χ2n) is 10.3. The van der Waals surface area contributed by atoms with Gasteiger partial charge in [-0.25, -0.2) is 9.09 Å². The molecular weight excluding hydrogens is 557 g/mol. The van der Waals surface area contributed by atoms with Crippen LogP contribution >= 0.6 is 19.6 Å². The number of benzene rings is 2. The van der Waals surface area contributed by atoms with Crippen LogP contribution in [0.2, 0.25) is 0 Å². The van der Waals surface area contributed by atoms with Crippen molar-refractivity contribution in [1.82, 2.24) is 9.58 Å². The van der Waals surface area contributed by atoms with Gasteiger partial charge in [0.25, 0.3) is 5.91 Å². The van der Waals surface area contributed by atoms with E-state index in [-0.39, 0.29) is 24.1 Å². The summed E-state index contributed by atoms with van der Waals surface area (Å²) in [5, 5.41) is 2.08. The lowest BCUT2D eigenvalue weighted by Gasteiger charge is -2.54. The van der Waals surface area contributed by atoms with Crippen LogP contribution in [0.15, 0.2) is 70.5 Å². The Kier molecular flexibility index (Phi) is 6.12. The van der Waals surface area contributed by atoms with Gasteiger partial charge in [-0.15, -0.1) is 11.8 Å². The first-order chi connectivity index (χ1) is 19.3. The number of hydrogen-bond donors (Lipinski definition) is 2. The molecule has 0 unspecified atom stereocenters. The molecule has 2 N–H and O–H groups in total. The van der Waals surface area contributed by atoms with E-state index in [2.05, 4.69) is 33.8 Å². The lowest BCUT2D eigenvalue weighted by Crippen LogP contribution is -2.70. The van der Waals surface area contributed by atoms with Crippen molar-refractivity contribution in [3.8, 4) is 5.75 Å². The van der Waals surface area contributed by atoms with Crippen molar-refractivity contribution in [2.24, 2.45) is 0 Å². The van der Waals surface area contributed by atoms with E-state index >= 15 is 0 Å². The third-order valence-corrected chi connectivity index (χ3v) is 9.50. The fourth-order valence-corrected chi connectivity index (χ4v) is 7.30. The SMILES string of the molecule is O=C1c2c(OCOP(=O)(O)O)c(=O)ccn2N([C@H]2c3ccccc3CSc3ccccc32)[C@@H]2COCC3(CC3)N12. The first-order valence-corrected chi connectivity index (χ1v) is 15.4. The van der Waals surface area contributed by atoms with Crippen LogP contribution in [-0.4, -0.2) is 57.0 Å². The summed E-state index contributed by atoms with van der Waals surface area (Å²) in [5.74, 6) is 0.0582. The molecule has 1 aromatic heterocycles. The van der Waals surface area contributed by atoms with Gasteiger partial charge in [-0.05, 0) is 35.6 Å². The maximum absolute atomic E-state index is 14.2. The lowest BCUT2D eigenvalue weighted by molar-refractivity contribution is -0.0620. The number of aromatic nitrogens is 1. The molecule has 4 heterocycles. The van der Waals surface area contributed by atoms with Gasteiger partial charge in [0, 0.05) is 22.9 Å². The number of ether oxygens (including phenoxy) is 2. The molecule has 3 aromatic rings. The van der Waals surface area contributed by atoms with E-state index in [1.807, 2.05) is 29.2 Å². The zero-order valence-electron chi connectivity index (χ0n) is 21.2. The average Bonchev–Trinajstić information content (AvgIpc) is 3.72. The summed E-state index contributed by atoms with van der Waals surface area (Å²) in [6.45, 7) is -0.233. The summed E-state index contributed by atoms with van der Waals surface area (Å²) in [6.07, 6.45) is 2.62. The molecule has 2 aromatic carbocycles. The molecule has 3 aliphatic heterocycles. The molecule has 7 rings (SSSR count). The van der Waals surface area contributed by atoms with Gasteiger partial charge >= 0.3 is 7.82 Å². The molecular formula is C27H26N3O8PS. The Hall–Kier alpha value is -3.12. The number of carbonyl (C=O) groups is 1. The number of pyridine rings is 1. The van der Waals surface area contributed by atoms with Gasteiger partial charge in [0.15, 0.2) is 5.69 Å². The predicted molar refractivity (Wildman–Crippen MR) is 145 cm³/mol. The Morgan fingerprint density at radius 2 is 1.80 bits per heavy atom. The van der Waals surface area contributed by atoms with Gasteiger partial charge in [-0.2, -0.15) is 0 Å². The number of phosphoric acid groups is 1. The molecule has 40 heavy (non-hydrogen) atoms. The summed E-state index contributed by atoms with van der Waals surface area (Å²) < 4.78 is 29.0. The minimum atomic E-state index is -4.87. The number of thioether (sulfide) groups is 1. The molecule has 2 atom stereocenters. The van der Waals surface area contributed by atoms with Crippen LogP contribution in [0.1, 0.15) is 46.1 Å². The molecule has 0 radical (unpaired) electrons. The smallest absolute Gasteiger partial charge is 0.460 e. The highest BCUT2D eigenvalue weighted by molar-refractivity contribution is 7.98. The molecule has 1 saturated carbocycles. The molecule has 208 valence electrons. The van der Waals surface area contributed by atoms with Crippen molar-refractivity contribution in [3.05, 3.63) is 93.4 Å². The quantitative estimate of drug-likeness (QED) is 0.342. The molecule has 1 amide bonds. The summed E-state index contributed by atoms with van der Waals surface area (Å²) in [7, 11) is -4.87. The Labute approximate surface area is 233 Å². The minimum absolute atomic E-state index is 0.0156. The van der Waals surface area contributed by atoms with E-state index in [0.717, 1.165) is 40.2 Å². The highest BCUT2D eigenvalue weighted by Crippen LogP contribution is 2.51. The largest absolute Gasteiger partial charge is 0.472 e. The van der Waals surface area contributed by atoms with Crippen molar-refractivity contribution in [2.75, 3.05) is 25.0 Å². The molecule has 11 nitrogen and oxygen atoms in total. The zero-order chi connectivity index (χ0) is 27.6. The number of carbonyl (C=O) groups excluding carboxylic acids is 1. The molecule has 0 bridgehead atoms. The Morgan fingerprint density at radius 1 is 1.05 bits per heavy atom. The van der Waals surface area contributed by atoms with Crippen molar-refractivity contribution in [1.29, 1.82) is 0 Å². The number of phosphoric ester groups is 1. The van der Waals surface area contributed by atoms with Gasteiger partial charge < -0.3 is 24.2 Å². The van der Waals surface area contributed by atoms with Gasteiger partial charge in [0.05, 0.1) is 24.8 Å². The van der Waals surface area contributed by atoms with Crippen LogP contribution in [0.3, 0.4) is 0 Å². The van der Waals surface area contributed by atoms with E-state index in [0.29, 0.717) is 6.61 Å². The van der Waals surface area contributed by atoms with Crippen molar-refractivity contribution in [2.45, 2.75) is 41.2 Å². The predicted octanol–water partition coefficient (Wildman–Crippen LogP) is 2.97. The van der Waals surface area contributed by atoms with Crippen LogP contribution in [0.4, 0.5) is 0 Å².